The molecule has 0 atom stereocenters. The first kappa shape index (κ1) is 19.0. The molecule has 1 aliphatic rings. The van der Waals surface area contributed by atoms with Crippen molar-refractivity contribution >= 4 is 32.6 Å². The number of aromatic nitrogens is 3. The van der Waals surface area contributed by atoms with Crippen molar-refractivity contribution < 1.29 is 9.53 Å². The Morgan fingerprint density at radius 3 is 2.79 bits per heavy atom. The molecule has 0 N–H and O–H groups in total. The van der Waals surface area contributed by atoms with Crippen molar-refractivity contribution in [3.8, 4) is 0 Å². The van der Waals surface area contributed by atoms with Gasteiger partial charge in [-0.1, -0.05) is 17.4 Å². The van der Waals surface area contributed by atoms with Crippen LogP contribution >= 0.6 is 11.3 Å². The van der Waals surface area contributed by atoms with Crippen LogP contribution in [-0.4, -0.2) is 65.0 Å². The van der Waals surface area contributed by atoms with E-state index in [1.165, 1.54) is 5.56 Å². The fraction of sp³-hybridized carbons (Fsp3) is 0.450. The van der Waals surface area contributed by atoms with Gasteiger partial charge in [0.2, 0.25) is 0 Å². The van der Waals surface area contributed by atoms with Crippen LogP contribution in [0.25, 0.3) is 10.2 Å². The minimum absolute atomic E-state index is 0.109. The minimum atomic E-state index is -0.109. The summed E-state index contributed by atoms with van der Waals surface area (Å²) in [6.07, 6.45) is 1.79. The van der Waals surface area contributed by atoms with Crippen LogP contribution in [0.1, 0.15) is 21.6 Å². The monoisotopic (exact) mass is 399 g/mol. The van der Waals surface area contributed by atoms with Crippen molar-refractivity contribution in [2.75, 3.05) is 44.3 Å². The zero-order chi connectivity index (χ0) is 19.7. The molecule has 148 valence electrons. The van der Waals surface area contributed by atoms with Crippen LogP contribution in [0, 0.1) is 13.8 Å². The Labute approximate surface area is 168 Å². The molecule has 0 spiro atoms. The Balaban J connectivity index is 1.65. The smallest absolute Gasteiger partial charge is 0.280 e. The second-order valence-electron chi connectivity index (χ2n) is 7.21. The highest BCUT2D eigenvalue weighted by Gasteiger charge is 2.24. The molecule has 4 rings (SSSR count). The Hall–Kier alpha value is -2.29. The number of ether oxygens (including phenoxy) is 1. The summed E-state index contributed by atoms with van der Waals surface area (Å²) in [4.78, 5) is 22.1. The van der Waals surface area contributed by atoms with E-state index >= 15 is 0 Å². The Morgan fingerprint density at radius 2 is 2.07 bits per heavy atom. The van der Waals surface area contributed by atoms with Crippen molar-refractivity contribution in [3.05, 3.63) is 41.2 Å². The number of nitrogens with zero attached hydrogens (tertiary/aromatic N) is 5. The summed E-state index contributed by atoms with van der Waals surface area (Å²) in [6, 6.07) is 6.02. The fourth-order valence-electron chi connectivity index (χ4n) is 3.49. The number of carbonyl (C=O) groups is 1. The van der Waals surface area contributed by atoms with E-state index in [0.29, 0.717) is 12.2 Å². The molecule has 1 aliphatic heterocycles. The lowest BCUT2D eigenvalue weighted by Gasteiger charge is -2.29. The van der Waals surface area contributed by atoms with E-state index in [1.807, 2.05) is 7.05 Å². The lowest BCUT2D eigenvalue weighted by atomic mass is 10.1. The lowest BCUT2D eigenvalue weighted by molar-refractivity contribution is 0.0391. The van der Waals surface area contributed by atoms with Crippen molar-refractivity contribution in [2.45, 2.75) is 13.8 Å². The number of morpholine rings is 1. The van der Waals surface area contributed by atoms with Crippen molar-refractivity contribution in [1.82, 2.24) is 19.7 Å². The highest BCUT2D eigenvalue weighted by atomic mass is 32.1. The molecular weight excluding hydrogens is 374 g/mol. The van der Waals surface area contributed by atoms with Crippen LogP contribution in [0.4, 0.5) is 5.13 Å². The number of anilines is 1. The summed E-state index contributed by atoms with van der Waals surface area (Å²) in [5, 5.41) is 5.04. The Bertz CT molecular complexity index is 990. The maximum atomic E-state index is 13.2. The largest absolute Gasteiger partial charge is 0.379 e. The van der Waals surface area contributed by atoms with Gasteiger partial charge in [-0.15, -0.1) is 0 Å². The molecule has 0 bridgehead atoms. The van der Waals surface area contributed by atoms with Gasteiger partial charge in [0.15, 0.2) is 10.8 Å². The number of thiazole rings is 1. The molecule has 2 aromatic heterocycles. The second-order valence-corrected chi connectivity index (χ2v) is 8.22. The maximum absolute atomic E-state index is 13.2. The lowest BCUT2D eigenvalue weighted by Crippen LogP contribution is -2.43. The van der Waals surface area contributed by atoms with Crippen molar-refractivity contribution in [3.63, 3.8) is 0 Å². The summed E-state index contributed by atoms with van der Waals surface area (Å²) < 4.78 is 8.19. The second kappa shape index (κ2) is 7.98. The summed E-state index contributed by atoms with van der Waals surface area (Å²) in [6.45, 7) is 8.79. The fourth-order valence-corrected chi connectivity index (χ4v) is 4.66. The summed E-state index contributed by atoms with van der Waals surface area (Å²) in [7, 11) is 1.82. The first-order valence-corrected chi connectivity index (χ1v) is 10.3. The number of amides is 1. The third-order valence-electron chi connectivity index (χ3n) is 4.97. The predicted octanol–water partition coefficient (Wildman–Crippen LogP) is 2.63. The first-order chi connectivity index (χ1) is 13.5. The van der Waals surface area contributed by atoms with E-state index in [4.69, 9.17) is 9.72 Å². The number of benzene rings is 1. The van der Waals surface area contributed by atoms with Gasteiger partial charge in [-0.3, -0.25) is 19.3 Å². The molecule has 1 amide bonds. The van der Waals surface area contributed by atoms with Gasteiger partial charge in [-0.25, -0.2) is 4.98 Å². The topological polar surface area (TPSA) is 63.5 Å². The average molecular weight is 400 g/mol. The summed E-state index contributed by atoms with van der Waals surface area (Å²) in [5.41, 5.74) is 3.75. The number of aryl methyl sites for hydroxylation is 3. The molecule has 1 aromatic carbocycles. The molecule has 0 aliphatic carbocycles. The van der Waals surface area contributed by atoms with Gasteiger partial charge in [-0.2, -0.15) is 5.10 Å². The normalized spacial score (nSPS) is 15.2. The van der Waals surface area contributed by atoms with E-state index in [2.05, 4.69) is 36.0 Å². The molecule has 0 unspecified atom stereocenters. The Morgan fingerprint density at radius 1 is 1.29 bits per heavy atom. The molecule has 3 heterocycles. The van der Waals surface area contributed by atoms with E-state index in [0.717, 1.165) is 53.8 Å². The van der Waals surface area contributed by atoms with Gasteiger partial charge in [0.25, 0.3) is 5.91 Å². The minimum Gasteiger partial charge on any atom is -0.379 e. The molecule has 8 heteroatoms. The third-order valence-corrected chi connectivity index (χ3v) is 6.00. The van der Waals surface area contributed by atoms with Crippen LogP contribution in [-0.2, 0) is 11.8 Å². The van der Waals surface area contributed by atoms with Crippen LogP contribution < -0.4 is 4.90 Å². The van der Waals surface area contributed by atoms with Crippen LogP contribution in [0.3, 0.4) is 0 Å². The molecule has 0 saturated carbocycles. The molecule has 0 radical (unpaired) electrons. The van der Waals surface area contributed by atoms with Gasteiger partial charge in [0.05, 0.1) is 23.4 Å². The van der Waals surface area contributed by atoms with Gasteiger partial charge in [-0.05, 0) is 37.1 Å². The molecule has 28 heavy (non-hydrogen) atoms. The third kappa shape index (κ3) is 3.94. The van der Waals surface area contributed by atoms with E-state index < -0.39 is 0 Å². The standard InChI is InChI=1S/C20H25N5O2S/c1-14-12-15(2)18-17(13-14)28-20(21-18)25(7-6-24-8-10-27-11-9-24)19(26)16-4-5-23(3)22-16/h4-5,12-13H,6-11H2,1-3H3. The Kier molecular flexibility index (Phi) is 5.43. The highest BCUT2D eigenvalue weighted by molar-refractivity contribution is 7.22. The van der Waals surface area contributed by atoms with Crippen LogP contribution in [0.5, 0.6) is 0 Å². The zero-order valence-electron chi connectivity index (χ0n) is 16.5. The number of hydrogen-bond acceptors (Lipinski definition) is 6. The van der Waals surface area contributed by atoms with Crippen LogP contribution in [0.2, 0.25) is 0 Å². The van der Waals surface area contributed by atoms with Crippen molar-refractivity contribution in [1.29, 1.82) is 0 Å². The molecular formula is C20H25N5O2S. The first-order valence-electron chi connectivity index (χ1n) is 9.50. The number of hydrogen-bond donors (Lipinski definition) is 0. The molecule has 1 saturated heterocycles. The molecule has 3 aromatic rings. The quantitative estimate of drug-likeness (QED) is 0.660. The van der Waals surface area contributed by atoms with Crippen LogP contribution in [0.15, 0.2) is 24.4 Å². The van der Waals surface area contributed by atoms with E-state index in [-0.39, 0.29) is 5.91 Å². The number of carbonyl (C=O) groups excluding carboxylic acids is 1. The number of rotatable bonds is 5. The zero-order valence-corrected chi connectivity index (χ0v) is 17.3. The van der Waals surface area contributed by atoms with E-state index in [9.17, 15) is 4.79 Å². The number of fused-ring (bicyclic) bond motifs is 1. The predicted molar refractivity (Wildman–Crippen MR) is 111 cm³/mol. The summed E-state index contributed by atoms with van der Waals surface area (Å²) in [5.74, 6) is -0.109. The van der Waals surface area contributed by atoms with Gasteiger partial charge in [0, 0.05) is 39.4 Å². The maximum Gasteiger partial charge on any atom is 0.280 e. The highest BCUT2D eigenvalue weighted by Crippen LogP contribution is 2.32. The molecule has 7 nitrogen and oxygen atoms in total. The average Bonchev–Trinajstić information content (AvgIpc) is 3.29. The summed E-state index contributed by atoms with van der Waals surface area (Å²) >= 11 is 1.57. The van der Waals surface area contributed by atoms with E-state index in [1.54, 1.807) is 33.2 Å². The van der Waals surface area contributed by atoms with Gasteiger partial charge in [0.1, 0.15) is 0 Å². The van der Waals surface area contributed by atoms with Gasteiger partial charge < -0.3 is 4.74 Å². The SMILES string of the molecule is Cc1cc(C)c2nc(N(CCN3CCOCC3)C(=O)c3ccn(C)n3)sc2c1. The van der Waals surface area contributed by atoms with Gasteiger partial charge >= 0.3 is 0 Å². The van der Waals surface area contributed by atoms with Crippen molar-refractivity contribution in [2.24, 2.45) is 7.05 Å². The molecule has 1 fully saturated rings.